The molecule has 0 unspecified atom stereocenters. The van der Waals surface area contributed by atoms with Crippen LogP contribution in [0.25, 0.3) is 0 Å². The van der Waals surface area contributed by atoms with Gasteiger partial charge in [0.25, 0.3) is 0 Å². The lowest BCUT2D eigenvalue weighted by Crippen LogP contribution is -2.31. The van der Waals surface area contributed by atoms with Crippen LogP contribution in [0.4, 0.5) is 16.2 Å². The Morgan fingerprint density at radius 1 is 1.12 bits per heavy atom. The van der Waals surface area contributed by atoms with Crippen molar-refractivity contribution in [2.45, 2.75) is 6.42 Å². The fourth-order valence-electron chi connectivity index (χ4n) is 2.05. The number of rotatable bonds is 6. The van der Waals surface area contributed by atoms with Gasteiger partial charge in [-0.05, 0) is 42.5 Å². The predicted molar refractivity (Wildman–Crippen MR) is 99.4 cm³/mol. The Kier molecular flexibility index (Phi) is 6.83. The van der Waals surface area contributed by atoms with Crippen molar-refractivity contribution in [1.82, 2.24) is 5.32 Å². The average Bonchev–Trinajstić information content (AvgIpc) is 2.62. The van der Waals surface area contributed by atoms with E-state index in [2.05, 4.69) is 16.0 Å². The van der Waals surface area contributed by atoms with Crippen molar-refractivity contribution in [3.8, 4) is 11.8 Å². The molecule has 134 valence electrons. The van der Waals surface area contributed by atoms with Gasteiger partial charge in [-0.25, -0.2) is 4.79 Å². The number of methoxy groups -OCH3 is 1. The first kappa shape index (κ1) is 19.1. The third-order valence-corrected chi connectivity index (χ3v) is 3.67. The van der Waals surface area contributed by atoms with E-state index in [-0.39, 0.29) is 23.9 Å². The summed E-state index contributed by atoms with van der Waals surface area (Å²) in [4.78, 5) is 23.7. The van der Waals surface area contributed by atoms with Crippen molar-refractivity contribution in [1.29, 1.82) is 5.26 Å². The third-order valence-electron chi connectivity index (χ3n) is 3.36. The minimum absolute atomic E-state index is 0.0909. The summed E-state index contributed by atoms with van der Waals surface area (Å²) in [6.07, 6.45) is 0.0909. The molecule has 0 aliphatic heterocycles. The number of nitrogens with one attached hydrogen (secondary N) is 3. The van der Waals surface area contributed by atoms with E-state index in [1.807, 2.05) is 6.07 Å². The highest BCUT2D eigenvalue weighted by atomic mass is 35.5. The molecule has 7 nitrogen and oxygen atoms in total. The monoisotopic (exact) mass is 372 g/mol. The van der Waals surface area contributed by atoms with E-state index in [1.165, 1.54) is 12.1 Å². The molecule has 0 saturated carbocycles. The van der Waals surface area contributed by atoms with Crippen molar-refractivity contribution >= 4 is 34.9 Å². The number of ether oxygens (including phenoxy) is 1. The minimum atomic E-state index is -0.413. The smallest absolute Gasteiger partial charge is 0.319 e. The van der Waals surface area contributed by atoms with Crippen molar-refractivity contribution in [3.63, 3.8) is 0 Å². The standard InChI is InChI=1S/C18H17ClN4O3/c1-26-15-6-4-13(5-7-15)23-18(25)21-9-8-17(24)22-14-3-2-12(11-20)16(19)10-14/h2-7,10H,8-9H2,1H3,(H,22,24)(H2,21,23,25). The highest BCUT2D eigenvalue weighted by Gasteiger charge is 2.07. The molecule has 0 spiro atoms. The van der Waals surface area contributed by atoms with Crippen LogP contribution in [0.3, 0.4) is 0 Å². The van der Waals surface area contributed by atoms with Gasteiger partial charge in [-0.2, -0.15) is 5.26 Å². The molecule has 8 heteroatoms. The van der Waals surface area contributed by atoms with Crippen LogP contribution >= 0.6 is 11.6 Å². The number of hydrogen-bond acceptors (Lipinski definition) is 4. The van der Waals surface area contributed by atoms with Gasteiger partial charge in [0, 0.05) is 24.3 Å². The Morgan fingerprint density at radius 3 is 2.42 bits per heavy atom. The zero-order chi connectivity index (χ0) is 18.9. The Bertz CT molecular complexity index is 831. The highest BCUT2D eigenvalue weighted by molar-refractivity contribution is 6.32. The number of nitriles is 1. The number of carbonyl (C=O) groups excluding carboxylic acids is 2. The quantitative estimate of drug-likeness (QED) is 0.723. The van der Waals surface area contributed by atoms with Crippen LogP contribution in [0.5, 0.6) is 5.75 Å². The van der Waals surface area contributed by atoms with Gasteiger partial charge in [0.15, 0.2) is 0 Å². The Labute approximate surface area is 155 Å². The fraction of sp³-hybridized carbons (Fsp3) is 0.167. The second-order valence-electron chi connectivity index (χ2n) is 5.21. The number of hydrogen-bond donors (Lipinski definition) is 3. The molecule has 2 rings (SSSR count). The maximum Gasteiger partial charge on any atom is 0.319 e. The van der Waals surface area contributed by atoms with Crippen LogP contribution in [-0.2, 0) is 4.79 Å². The molecular formula is C18H17ClN4O3. The molecule has 2 aromatic carbocycles. The Morgan fingerprint density at radius 2 is 1.81 bits per heavy atom. The molecule has 0 atom stereocenters. The van der Waals surface area contributed by atoms with Gasteiger partial charge in [-0.15, -0.1) is 0 Å². The first-order valence-electron chi connectivity index (χ1n) is 7.70. The average molecular weight is 373 g/mol. The summed E-state index contributed by atoms with van der Waals surface area (Å²) in [5, 5.41) is 17.0. The Hall–Kier alpha value is -3.24. The van der Waals surface area contributed by atoms with E-state index in [0.717, 1.165) is 0 Å². The lowest BCUT2D eigenvalue weighted by Gasteiger charge is -2.09. The summed E-state index contributed by atoms with van der Waals surface area (Å²) >= 11 is 5.91. The summed E-state index contributed by atoms with van der Waals surface area (Å²) in [7, 11) is 1.56. The predicted octanol–water partition coefficient (Wildman–Crippen LogP) is 3.37. The zero-order valence-corrected chi connectivity index (χ0v) is 14.8. The van der Waals surface area contributed by atoms with Crippen LogP contribution in [0, 0.1) is 11.3 Å². The van der Waals surface area contributed by atoms with Gasteiger partial charge >= 0.3 is 6.03 Å². The van der Waals surface area contributed by atoms with Gasteiger partial charge in [0.2, 0.25) is 5.91 Å². The van der Waals surface area contributed by atoms with Crippen molar-refractivity contribution in [2.24, 2.45) is 0 Å². The number of carbonyl (C=O) groups is 2. The van der Waals surface area contributed by atoms with E-state index < -0.39 is 6.03 Å². The van der Waals surface area contributed by atoms with E-state index >= 15 is 0 Å². The highest BCUT2D eigenvalue weighted by Crippen LogP contribution is 2.20. The largest absolute Gasteiger partial charge is 0.497 e. The second kappa shape index (κ2) is 9.30. The topological polar surface area (TPSA) is 103 Å². The molecule has 3 N–H and O–H groups in total. The third kappa shape index (κ3) is 5.69. The number of benzene rings is 2. The minimum Gasteiger partial charge on any atom is -0.497 e. The summed E-state index contributed by atoms with van der Waals surface area (Å²) in [5.41, 5.74) is 1.43. The number of anilines is 2. The lowest BCUT2D eigenvalue weighted by atomic mass is 10.2. The summed E-state index contributed by atoms with van der Waals surface area (Å²) in [6, 6.07) is 13.0. The molecule has 0 fully saturated rings. The molecule has 0 heterocycles. The summed E-state index contributed by atoms with van der Waals surface area (Å²) in [6.45, 7) is 0.165. The summed E-state index contributed by atoms with van der Waals surface area (Å²) < 4.78 is 5.04. The van der Waals surface area contributed by atoms with Crippen LogP contribution in [0.2, 0.25) is 5.02 Å². The van der Waals surface area contributed by atoms with Gasteiger partial charge in [-0.1, -0.05) is 11.6 Å². The lowest BCUT2D eigenvalue weighted by molar-refractivity contribution is -0.116. The van der Waals surface area contributed by atoms with Crippen molar-refractivity contribution < 1.29 is 14.3 Å². The first-order chi connectivity index (χ1) is 12.5. The summed E-state index contributed by atoms with van der Waals surface area (Å²) in [5.74, 6) is 0.408. The van der Waals surface area contributed by atoms with Gasteiger partial charge < -0.3 is 20.7 Å². The Balaban J connectivity index is 1.74. The maximum atomic E-state index is 11.9. The number of halogens is 1. The van der Waals surface area contributed by atoms with E-state index in [1.54, 1.807) is 37.4 Å². The van der Waals surface area contributed by atoms with Crippen LogP contribution in [-0.4, -0.2) is 25.6 Å². The molecule has 2 aromatic rings. The van der Waals surface area contributed by atoms with Crippen LogP contribution in [0.1, 0.15) is 12.0 Å². The van der Waals surface area contributed by atoms with Gasteiger partial charge in [0.05, 0.1) is 17.7 Å². The van der Waals surface area contributed by atoms with E-state index in [4.69, 9.17) is 21.6 Å². The normalized spacial score (nSPS) is 9.73. The van der Waals surface area contributed by atoms with Crippen LogP contribution in [0.15, 0.2) is 42.5 Å². The molecular weight excluding hydrogens is 356 g/mol. The van der Waals surface area contributed by atoms with Crippen molar-refractivity contribution in [2.75, 3.05) is 24.3 Å². The number of urea groups is 1. The SMILES string of the molecule is COc1ccc(NC(=O)NCCC(=O)Nc2ccc(C#N)c(Cl)c2)cc1. The molecule has 0 aliphatic rings. The number of amides is 3. The van der Waals surface area contributed by atoms with Crippen molar-refractivity contribution in [3.05, 3.63) is 53.1 Å². The van der Waals surface area contributed by atoms with E-state index in [9.17, 15) is 9.59 Å². The van der Waals surface area contributed by atoms with E-state index in [0.29, 0.717) is 22.7 Å². The van der Waals surface area contributed by atoms with Gasteiger partial charge in [-0.3, -0.25) is 4.79 Å². The molecule has 0 radical (unpaired) electrons. The molecule has 0 bridgehead atoms. The maximum absolute atomic E-state index is 11.9. The van der Waals surface area contributed by atoms with Gasteiger partial charge in [0.1, 0.15) is 11.8 Å². The fourth-order valence-corrected chi connectivity index (χ4v) is 2.27. The second-order valence-corrected chi connectivity index (χ2v) is 5.62. The molecule has 3 amide bonds. The molecule has 0 aromatic heterocycles. The molecule has 26 heavy (non-hydrogen) atoms. The zero-order valence-electron chi connectivity index (χ0n) is 14.0. The number of nitrogens with zero attached hydrogens (tertiary/aromatic N) is 1. The van der Waals surface area contributed by atoms with Crippen LogP contribution < -0.4 is 20.7 Å². The molecule has 0 aliphatic carbocycles. The molecule has 0 saturated heterocycles. The first-order valence-corrected chi connectivity index (χ1v) is 8.08.